The van der Waals surface area contributed by atoms with E-state index < -0.39 is 13.0 Å². The minimum Gasteiger partial charge on any atom is -0.378 e. The Balaban J connectivity index is 1.61. The topological polar surface area (TPSA) is 61.0 Å². The molecule has 1 aromatic carbocycles. The maximum Gasteiger partial charge on any atom is 0.256 e. The number of aryl methyl sites for hydroxylation is 1. The molecule has 7 nitrogen and oxygen atoms in total. The van der Waals surface area contributed by atoms with Crippen LogP contribution in [0.1, 0.15) is 5.56 Å². The fourth-order valence-electron chi connectivity index (χ4n) is 3.86. The summed E-state index contributed by atoms with van der Waals surface area (Å²) in [4.78, 5) is 11.2. The Labute approximate surface area is 177 Å². The monoisotopic (exact) mass is 424 g/mol. The Morgan fingerprint density at radius 3 is 2.74 bits per heavy atom. The molecule has 0 N–H and O–H groups in total. The van der Waals surface area contributed by atoms with Crippen molar-refractivity contribution in [3.05, 3.63) is 54.5 Å². The lowest BCUT2D eigenvalue weighted by Crippen LogP contribution is -2.36. The van der Waals surface area contributed by atoms with Crippen LogP contribution in [0.25, 0.3) is 28.2 Å². The molecule has 0 radical (unpaired) electrons. The molecule has 0 atom stereocenters. The molecule has 31 heavy (non-hydrogen) atoms. The van der Waals surface area contributed by atoms with Gasteiger partial charge in [0.15, 0.2) is 11.5 Å². The van der Waals surface area contributed by atoms with E-state index in [1.807, 2.05) is 43.5 Å². The van der Waals surface area contributed by atoms with Crippen molar-refractivity contribution in [3.63, 3.8) is 0 Å². The lowest BCUT2D eigenvalue weighted by Gasteiger charge is -2.29. The number of alkyl halides is 2. The van der Waals surface area contributed by atoms with Crippen LogP contribution in [0.2, 0.25) is 0 Å². The molecule has 1 fully saturated rings. The second kappa shape index (κ2) is 8.07. The number of hydrogen-bond donors (Lipinski definition) is 0. The van der Waals surface area contributed by atoms with Crippen LogP contribution < -0.4 is 4.90 Å². The molecule has 3 aromatic heterocycles. The number of fused-ring (bicyclic) bond motifs is 1. The molecule has 0 aliphatic carbocycles. The first kappa shape index (κ1) is 19.6. The molecular weight excluding hydrogens is 402 g/mol. The van der Waals surface area contributed by atoms with Crippen LogP contribution in [0.15, 0.2) is 48.9 Å². The first-order valence-electron chi connectivity index (χ1n) is 10.2. The molecule has 9 heteroatoms. The number of ether oxygens (including phenoxy) is 1. The van der Waals surface area contributed by atoms with E-state index in [0.717, 1.165) is 22.5 Å². The van der Waals surface area contributed by atoms with Crippen LogP contribution in [0.5, 0.6) is 0 Å². The summed E-state index contributed by atoms with van der Waals surface area (Å²) in [6, 6.07) is 11.9. The van der Waals surface area contributed by atoms with E-state index in [0.29, 0.717) is 43.3 Å². The number of rotatable bonds is 5. The minimum atomic E-state index is -2.49. The van der Waals surface area contributed by atoms with Gasteiger partial charge in [-0.25, -0.2) is 23.4 Å². The number of imidazole rings is 1. The SMILES string of the molecule is Cc1cccc(-c2ccn(-c3cc(N4CCOCC4)c4ncn(CC(F)F)c4n3)n2)c1. The summed E-state index contributed by atoms with van der Waals surface area (Å²) in [5.74, 6) is 0.559. The van der Waals surface area contributed by atoms with Gasteiger partial charge in [0.05, 0.1) is 37.5 Å². The average Bonchev–Trinajstić information content (AvgIpc) is 3.41. The zero-order valence-electron chi connectivity index (χ0n) is 17.1. The standard InChI is InChI=1S/C22H22F2N6O/c1-15-3-2-4-16(11-15)17-5-6-30(27-17)20-12-18(28-7-9-31-10-8-28)21-22(26-20)29(14-25-21)13-19(23)24/h2-6,11-12,14,19H,7-10,13H2,1H3. The molecule has 1 aliphatic heterocycles. The maximum absolute atomic E-state index is 13.1. The molecule has 4 aromatic rings. The van der Waals surface area contributed by atoms with Crippen molar-refractivity contribution >= 4 is 16.9 Å². The van der Waals surface area contributed by atoms with Gasteiger partial charge in [0.2, 0.25) is 0 Å². The van der Waals surface area contributed by atoms with Gasteiger partial charge >= 0.3 is 0 Å². The van der Waals surface area contributed by atoms with E-state index in [2.05, 4.69) is 20.9 Å². The van der Waals surface area contributed by atoms with Gasteiger partial charge in [-0.15, -0.1) is 0 Å². The number of hydrogen-bond acceptors (Lipinski definition) is 5. The second-order valence-electron chi connectivity index (χ2n) is 7.57. The highest BCUT2D eigenvalue weighted by Gasteiger charge is 2.21. The Morgan fingerprint density at radius 2 is 1.97 bits per heavy atom. The van der Waals surface area contributed by atoms with Crippen molar-refractivity contribution in [2.75, 3.05) is 31.2 Å². The molecular formula is C22H22F2N6O. The number of nitrogens with zero attached hydrogens (tertiary/aromatic N) is 6. The van der Waals surface area contributed by atoms with Gasteiger partial charge in [-0.2, -0.15) is 5.10 Å². The largest absolute Gasteiger partial charge is 0.378 e. The summed E-state index contributed by atoms with van der Waals surface area (Å²) in [6.07, 6.45) is 0.772. The van der Waals surface area contributed by atoms with Crippen molar-refractivity contribution in [3.8, 4) is 17.1 Å². The van der Waals surface area contributed by atoms with Gasteiger partial charge < -0.3 is 14.2 Å². The van der Waals surface area contributed by atoms with Gasteiger partial charge in [-0.1, -0.05) is 23.8 Å². The van der Waals surface area contributed by atoms with Crippen LogP contribution >= 0.6 is 0 Å². The van der Waals surface area contributed by atoms with Gasteiger partial charge in [-0.3, -0.25) is 0 Å². The highest BCUT2D eigenvalue weighted by molar-refractivity contribution is 5.87. The van der Waals surface area contributed by atoms with Gasteiger partial charge in [-0.05, 0) is 19.1 Å². The fourth-order valence-corrected chi connectivity index (χ4v) is 3.86. The van der Waals surface area contributed by atoms with Crippen molar-refractivity contribution < 1.29 is 13.5 Å². The third kappa shape index (κ3) is 3.88. The van der Waals surface area contributed by atoms with Gasteiger partial charge in [0.25, 0.3) is 6.43 Å². The highest BCUT2D eigenvalue weighted by Crippen LogP contribution is 2.29. The number of aromatic nitrogens is 5. The molecule has 0 bridgehead atoms. The molecule has 160 valence electrons. The van der Waals surface area contributed by atoms with E-state index in [9.17, 15) is 8.78 Å². The number of halogens is 2. The third-order valence-electron chi connectivity index (χ3n) is 5.36. The summed E-state index contributed by atoms with van der Waals surface area (Å²) in [5, 5.41) is 4.69. The van der Waals surface area contributed by atoms with E-state index in [1.165, 1.54) is 10.9 Å². The molecule has 1 saturated heterocycles. The predicted molar refractivity (Wildman–Crippen MR) is 114 cm³/mol. The lowest BCUT2D eigenvalue weighted by molar-refractivity contribution is 0.123. The first-order chi connectivity index (χ1) is 15.1. The zero-order valence-corrected chi connectivity index (χ0v) is 17.1. The van der Waals surface area contributed by atoms with Crippen LogP contribution in [-0.4, -0.2) is 57.0 Å². The van der Waals surface area contributed by atoms with Gasteiger partial charge in [0, 0.05) is 30.9 Å². The summed E-state index contributed by atoms with van der Waals surface area (Å²) < 4.78 is 34.8. The summed E-state index contributed by atoms with van der Waals surface area (Å²) in [5.41, 5.74) is 4.86. The van der Waals surface area contributed by atoms with Crippen molar-refractivity contribution in [1.82, 2.24) is 24.3 Å². The number of pyridine rings is 1. The Bertz CT molecular complexity index is 1210. The Kier molecular flexibility index (Phi) is 5.11. The predicted octanol–water partition coefficient (Wildman–Crippen LogP) is 3.69. The van der Waals surface area contributed by atoms with Crippen molar-refractivity contribution in [2.45, 2.75) is 19.9 Å². The minimum absolute atomic E-state index is 0.423. The summed E-state index contributed by atoms with van der Waals surface area (Å²) >= 11 is 0. The first-order valence-corrected chi connectivity index (χ1v) is 10.2. The molecule has 0 saturated carbocycles. The number of morpholine rings is 1. The third-order valence-corrected chi connectivity index (χ3v) is 5.36. The van der Waals surface area contributed by atoms with E-state index >= 15 is 0 Å². The van der Waals surface area contributed by atoms with Crippen molar-refractivity contribution in [2.24, 2.45) is 0 Å². The smallest absolute Gasteiger partial charge is 0.256 e. The molecule has 0 spiro atoms. The Morgan fingerprint density at radius 1 is 1.13 bits per heavy atom. The fraction of sp³-hybridized carbons (Fsp3) is 0.318. The van der Waals surface area contributed by atoms with E-state index in [4.69, 9.17) is 9.84 Å². The van der Waals surface area contributed by atoms with Crippen LogP contribution in [0.4, 0.5) is 14.5 Å². The summed E-state index contributed by atoms with van der Waals surface area (Å²) in [6.45, 7) is 4.20. The normalized spacial score (nSPS) is 14.6. The van der Waals surface area contributed by atoms with Crippen molar-refractivity contribution in [1.29, 1.82) is 0 Å². The maximum atomic E-state index is 13.1. The highest BCUT2D eigenvalue weighted by atomic mass is 19.3. The molecule has 5 rings (SSSR count). The van der Waals surface area contributed by atoms with E-state index in [-0.39, 0.29) is 0 Å². The van der Waals surface area contributed by atoms with Crippen LogP contribution in [0.3, 0.4) is 0 Å². The molecule has 4 heterocycles. The lowest BCUT2D eigenvalue weighted by atomic mass is 10.1. The van der Waals surface area contributed by atoms with E-state index in [1.54, 1.807) is 4.68 Å². The molecule has 0 unspecified atom stereocenters. The number of anilines is 1. The zero-order chi connectivity index (χ0) is 21.4. The average molecular weight is 424 g/mol. The Hall–Kier alpha value is -3.33. The molecule has 0 amide bonds. The quantitative estimate of drug-likeness (QED) is 0.489. The van der Waals surface area contributed by atoms with Crippen LogP contribution in [-0.2, 0) is 11.3 Å². The van der Waals surface area contributed by atoms with Gasteiger partial charge in [0.1, 0.15) is 5.52 Å². The van der Waals surface area contributed by atoms with Crippen LogP contribution in [0, 0.1) is 6.92 Å². The molecule has 1 aliphatic rings. The summed E-state index contributed by atoms with van der Waals surface area (Å²) in [7, 11) is 0. The second-order valence-corrected chi connectivity index (χ2v) is 7.57. The number of benzene rings is 1.